The van der Waals surface area contributed by atoms with Gasteiger partial charge in [-0.2, -0.15) is 0 Å². The average molecular weight is 227 g/mol. The van der Waals surface area contributed by atoms with E-state index in [-0.39, 0.29) is 23.4 Å². The molecule has 0 aliphatic carbocycles. The summed E-state index contributed by atoms with van der Waals surface area (Å²) >= 11 is 0. The minimum atomic E-state index is -0.529. The molecule has 2 amide bonds. The van der Waals surface area contributed by atoms with Gasteiger partial charge in [-0.3, -0.25) is 9.59 Å². The Kier molecular flexibility index (Phi) is 3.57. The predicted molar refractivity (Wildman–Crippen MR) is 61.7 cm³/mol. The second-order valence-corrected chi connectivity index (χ2v) is 5.37. The number of carbonyl (C=O) groups excluding carboxylic acids is 2. The van der Waals surface area contributed by atoms with Gasteiger partial charge in [0.05, 0.1) is 12.1 Å². The van der Waals surface area contributed by atoms with Crippen LogP contribution in [0.25, 0.3) is 0 Å². The van der Waals surface area contributed by atoms with Gasteiger partial charge in [0.2, 0.25) is 11.8 Å². The molecule has 1 aliphatic rings. The molecule has 1 saturated heterocycles. The Bertz CT molecular complexity index is 294. The van der Waals surface area contributed by atoms with Crippen LogP contribution in [0.2, 0.25) is 0 Å². The van der Waals surface area contributed by atoms with Crippen LogP contribution in [0.4, 0.5) is 0 Å². The third-order valence-corrected chi connectivity index (χ3v) is 2.69. The second-order valence-electron chi connectivity index (χ2n) is 5.37. The van der Waals surface area contributed by atoms with Gasteiger partial charge in [0, 0.05) is 18.5 Å². The molecule has 1 unspecified atom stereocenters. The van der Waals surface area contributed by atoms with Crippen molar-refractivity contribution in [3.8, 4) is 0 Å². The number of nitrogens with one attached hydrogen (secondary N) is 1. The molecule has 16 heavy (non-hydrogen) atoms. The van der Waals surface area contributed by atoms with E-state index in [4.69, 9.17) is 5.73 Å². The third kappa shape index (κ3) is 2.95. The number of carbonyl (C=O) groups is 2. The van der Waals surface area contributed by atoms with Crippen LogP contribution in [0.5, 0.6) is 0 Å². The lowest BCUT2D eigenvalue weighted by Gasteiger charge is -2.32. The summed E-state index contributed by atoms with van der Waals surface area (Å²) in [6, 6.07) is -0.635. The summed E-state index contributed by atoms with van der Waals surface area (Å²) in [5.74, 6) is -0.115. The minimum Gasteiger partial charge on any atom is -0.350 e. The quantitative estimate of drug-likeness (QED) is 0.689. The Morgan fingerprint density at radius 3 is 2.50 bits per heavy atom. The van der Waals surface area contributed by atoms with Crippen LogP contribution in [0, 0.1) is 0 Å². The molecule has 1 rings (SSSR count). The number of hydrogen-bond acceptors (Lipinski definition) is 3. The van der Waals surface area contributed by atoms with Crippen molar-refractivity contribution >= 4 is 11.8 Å². The summed E-state index contributed by atoms with van der Waals surface area (Å²) in [5, 5.41) is 2.78. The van der Waals surface area contributed by atoms with Crippen molar-refractivity contribution in [2.24, 2.45) is 5.73 Å². The first kappa shape index (κ1) is 13.0. The van der Waals surface area contributed by atoms with Gasteiger partial charge in [-0.25, -0.2) is 0 Å². The number of nitrogens with two attached hydrogens (primary N) is 1. The highest BCUT2D eigenvalue weighted by Crippen LogP contribution is 2.21. The summed E-state index contributed by atoms with van der Waals surface area (Å²) in [5.41, 5.74) is 5.27. The maximum atomic E-state index is 11.7. The first-order valence-corrected chi connectivity index (χ1v) is 5.58. The average Bonchev–Trinajstić information content (AvgIpc) is 2.45. The van der Waals surface area contributed by atoms with Gasteiger partial charge < -0.3 is 16.0 Å². The maximum absolute atomic E-state index is 11.7. The molecule has 0 bridgehead atoms. The number of rotatable bonds is 2. The van der Waals surface area contributed by atoms with E-state index in [2.05, 4.69) is 5.32 Å². The molecule has 3 N–H and O–H groups in total. The smallest absolute Gasteiger partial charge is 0.236 e. The fraction of sp³-hybridized carbons (Fsp3) is 0.818. The molecule has 1 fully saturated rings. The van der Waals surface area contributed by atoms with Crippen LogP contribution in [0.1, 0.15) is 34.1 Å². The summed E-state index contributed by atoms with van der Waals surface area (Å²) in [7, 11) is 0. The van der Waals surface area contributed by atoms with Crippen LogP contribution in [-0.2, 0) is 9.59 Å². The third-order valence-electron chi connectivity index (χ3n) is 2.69. The SMILES string of the molecule is C[C@H](N)C(=O)NC1CC(=O)N(C(C)(C)C)C1. The molecule has 0 aromatic heterocycles. The van der Waals surface area contributed by atoms with E-state index in [0.717, 1.165) is 0 Å². The Balaban J connectivity index is 2.57. The second kappa shape index (κ2) is 4.41. The lowest BCUT2D eigenvalue weighted by molar-refractivity contribution is -0.131. The van der Waals surface area contributed by atoms with Gasteiger partial charge in [0.25, 0.3) is 0 Å². The van der Waals surface area contributed by atoms with Crippen LogP contribution in [0.15, 0.2) is 0 Å². The normalized spacial score (nSPS) is 23.4. The van der Waals surface area contributed by atoms with E-state index < -0.39 is 6.04 Å². The Hall–Kier alpha value is -1.10. The topological polar surface area (TPSA) is 75.4 Å². The molecule has 1 aliphatic heterocycles. The minimum absolute atomic E-state index is 0.0856. The van der Waals surface area contributed by atoms with Gasteiger partial charge in [0.1, 0.15) is 0 Å². The van der Waals surface area contributed by atoms with Gasteiger partial charge >= 0.3 is 0 Å². The molecule has 0 radical (unpaired) electrons. The van der Waals surface area contributed by atoms with Gasteiger partial charge in [-0.05, 0) is 27.7 Å². The summed E-state index contributed by atoms with van der Waals surface area (Å²) in [6.45, 7) is 8.16. The Morgan fingerprint density at radius 1 is 1.56 bits per heavy atom. The van der Waals surface area contributed by atoms with Crippen molar-refractivity contribution < 1.29 is 9.59 Å². The van der Waals surface area contributed by atoms with Crippen LogP contribution < -0.4 is 11.1 Å². The van der Waals surface area contributed by atoms with E-state index in [0.29, 0.717) is 13.0 Å². The van der Waals surface area contributed by atoms with Crippen molar-refractivity contribution in [1.82, 2.24) is 10.2 Å². The van der Waals surface area contributed by atoms with Crippen molar-refractivity contribution in [1.29, 1.82) is 0 Å². The summed E-state index contributed by atoms with van der Waals surface area (Å²) in [4.78, 5) is 24.9. The molecule has 1 heterocycles. The molecule has 2 atom stereocenters. The highest BCUT2D eigenvalue weighted by Gasteiger charge is 2.36. The molecule has 0 aromatic carbocycles. The first-order chi connectivity index (χ1) is 7.21. The molecular formula is C11H21N3O2. The van der Waals surface area contributed by atoms with Crippen LogP contribution >= 0.6 is 0 Å². The molecular weight excluding hydrogens is 206 g/mol. The standard InChI is InChI=1S/C11H21N3O2/c1-7(12)10(16)13-8-5-9(15)14(6-8)11(2,3)4/h7-8H,5-6,12H2,1-4H3,(H,13,16)/t7-,8?/m0/s1. The molecule has 5 nitrogen and oxygen atoms in total. The van der Waals surface area contributed by atoms with Gasteiger partial charge in [-0.1, -0.05) is 0 Å². The Morgan fingerprint density at radius 2 is 2.12 bits per heavy atom. The maximum Gasteiger partial charge on any atom is 0.236 e. The van der Waals surface area contributed by atoms with Gasteiger partial charge in [-0.15, -0.1) is 0 Å². The largest absolute Gasteiger partial charge is 0.350 e. The number of likely N-dealkylation sites (tertiary alicyclic amines) is 1. The van der Waals surface area contributed by atoms with Crippen molar-refractivity contribution in [3.63, 3.8) is 0 Å². The highest BCUT2D eigenvalue weighted by molar-refractivity contribution is 5.84. The van der Waals surface area contributed by atoms with E-state index in [1.165, 1.54) is 0 Å². The number of hydrogen-bond donors (Lipinski definition) is 2. The zero-order valence-corrected chi connectivity index (χ0v) is 10.4. The zero-order valence-electron chi connectivity index (χ0n) is 10.4. The number of amides is 2. The van der Waals surface area contributed by atoms with Crippen molar-refractivity contribution in [2.45, 2.75) is 51.7 Å². The van der Waals surface area contributed by atoms with Crippen LogP contribution in [-0.4, -0.2) is 40.9 Å². The fourth-order valence-corrected chi connectivity index (χ4v) is 1.79. The number of nitrogens with zero attached hydrogens (tertiary/aromatic N) is 1. The molecule has 0 saturated carbocycles. The fourth-order valence-electron chi connectivity index (χ4n) is 1.79. The summed E-state index contributed by atoms with van der Waals surface area (Å²) < 4.78 is 0. The lowest BCUT2D eigenvalue weighted by atomic mass is 10.1. The molecule has 0 aromatic rings. The Labute approximate surface area is 96.4 Å². The molecule has 5 heteroatoms. The summed E-state index contributed by atoms with van der Waals surface area (Å²) in [6.07, 6.45) is 0.371. The van der Waals surface area contributed by atoms with Crippen molar-refractivity contribution in [2.75, 3.05) is 6.54 Å². The molecule has 0 spiro atoms. The lowest BCUT2D eigenvalue weighted by Crippen LogP contribution is -2.47. The zero-order chi connectivity index (χ0) is 12.5. The van der Waals surface area contributed by atoms with E-state index in [1.54, 1.807) is 11.8 Å². The van der Waals surface area contributed by atoms with Gasteiger partial charge in [0.15, 0.2) is 0 Å². The van der Waals surface area contributed by atoms with E-state index in [1.807, 2.05) is 20.8 Å². The first-order valence-electron chi connectivity index (χ1n) is 5.58. The monoisotopic (exact) mass is 227 g/mol. The predicted octanol–water partition coefficient (Wildman–Crippen LogP) is -0.151. The van der Waals surface area contributed by atoms with Crippen LogP contribution in [0.3, 0.4) is 0 Å². The van der Waals surface area contributed by atoms with E-state index >= 15 is 0 Å². The molecule has 92 valence electrons. The van der Waals surface area contributed by atoms with Crippen molar-refractivity contribution in [3.05, 3.63) is 0 Å². The van der Waals surface area contributed by atoms with E-state index in [9.17, 15) is 9.59 Å². The highest BCUT2D eigenvalue weighted by atomic mass is 16.2.